The normalized spacial score (nSPS) is 9.40. The third-order valence-corrected chi connectivity index (χ3v) is 3.64. The molecule has 1 aliphatic carbocycles. The zero-order valence-corrected chi connectivity index (χ0v) is 22.8. The van der Waals surface area contributed by atoms with Gasteiger partial charge in [0.05, 0.1) is 0 Å². The Morgan fingerprint density at radius 1 is 0.733 bits per heavy atom. The first-order valence-corrected chi connectivity index (χ1v) is 9.82. The predicted octanol–water partition coefficient (Wildman–Crippen LogP) is -7.02. The standard InChI is InChI=1S/2C8H17NO.C5H5.4ClH.V/c2*1-2-3-4-5-6-7-8(9)10;1-2-4-5-3-1;;;;;/h2*2-7H2,1H3,(H2,9,10);1-3H,4H2;4*1H;/q;;-1;;;;;+4/p-4. The van der Waals surface area contributed by atoms with E-state index in [1.165, 1.54) is 38.5 Å². The first-order chi connectivity index (χ1) is 12.0. The molecule has 0 fully saturated rings. The van der Waals surface area contributed by atoms with Gasteiger partial charge in [0.15, 0.2) is 0 Å². The molecule has 0 atom stereocenters. The predicted molar refractivity (Wildman–Crippen MR) is 107 cm³/mol. The summed E-state index contributed by atoms with van der Waals surface area (Å²) in [4.78, 5) is 20.5. The van der Waals surface area contributed by atoms with E-state index in [0.29, 0.717) is 12.8 Å². The number of carbonyl (C=O) groups excluding carboxylic acids is 2. The van der Waals surface area contributed by atoms with Gasteiger partial charge < -0.3 is 61.1 Å². The van der Waals surface area contributed by atoms with Crippen LogP contribution in [0.1, 0.15) is 97.3 Å². The summed E-state index contributed by atoms with van der Waals surface area (Å²) in [5.74, 6) is -0.340. The van der Waals surface area contributed by atoms with Gasteiger partial charge >= 0.3 is 18.6 Å². The molecule has 1 aliphatic rings. The van der Waals surface area contributed by atoms with Crippen molar-refractivity contribution in [2.24, 2.45) is 11.5 Å². The van der Waals surface area contributed by atoms with Crippen LogP contribution in [-0.2, 0) is 28.1 Å². The summed E-state index contributed by atoms with van der Waals surface area (Å²) < 4.78 is 0. The van der Waals surface area contributed by atoms with Gasteiger partial charge in [0.25, 0.3) is 0 Å². The molecule has 4 N–H and O–H groups in total. The van der Waals surface area contributed by atoms with Gasteiger partial charge in [-0.05, 0) is 12.8 Å². The summed E-state index contributed by atoms with van der Waals surface area (Å²) >= 11 is 0. The average molecular weight is 544 g/mol. The molecule has 0 unspecified atom stereocenters. The minimum Gasteiger partial charge on any atom is -1.00 e. The molecule has 2 amide bonds. The SMILES string of the molecule is CCCCCCCC(N)=O.CCCCCCCC(N)=O.[C-]1=CC=CC1.[Cl-].[Cl-].[Cl-].[Cl-].[V+4]. The van der Waals surface area contributed by atoms with E-state index < -0.39 is 0 Å². The molecule has 0 heterocycles. The summed E-state index contributed by atoms with van der Waals surface area (Å²) in [7, 11) is 0. The van der Waals surface area contributed by atoms with Gasteiger partial charge in [-0.3, -0.25) is 15.7 Å². The number of hydrogen-bond acceptors (Lipinski definition) is 2. The second-order valence-electron chi connectivity index (χ2n) is 6.26. The van der Waals surface area contributed by atoms with E-state index in [1.807, 2.05) is 12.2 Å². The Kier molecular flexibility index (Phi) is 68.7. The Morgan fingerprint density at radius 2 is 1.10 bits per heavy atom. The zero-order chi connectivity index (χ0) is 19.2. The molecule has 9 heteroatoms. The quantitative estimate of drug-likeness (QED) is 0.189. The topological polar surface area (TPSA) is 86.2 Å². The second kappa shape index (κ2) is 43.1. The monoisotopic (exact) mass is 542 g/mol. The summed E-state index contributed by atoms with van der Waals surface area (Å²) in [5, 5.41) is 0. The van der Waals surface area contributed by atoms with E-state index >= 15 is 0 Å². The van der Waals surface area contributed by atoms with Crippen LogP contribution in [0.4, 0.5) is 0 Å². The Balaban J connectivity index is -0.0000000506. The number of hydrogen-bond donors (Lipinski definition) is 2. The number of primary amides is 2. The second-order valence-corrected chi connectivity index (χ2v) is 6.26. The Morgan fingerprint density at radius 3 is 1.30 bits per heavy atom. The van der Waals surface area contributed by atoms with Gasteiger partial charge in [0, 0.05) is 12.8 Å². The average Bonchev–Trinajstić information content (AvgIpc) is 3.14. The van der Waals surface area contributed by atoms with Gasteiger partial charge in [-0.25, -0.2) is 12.2 Å². The van der Waals surface area contributed by atoms with Crippen LogP contribution in [0.5, 0.6) is 0 Å². The molecular weight excluding hydrogens is 505 g/mol. The first kappa shape index (κ1) is 47.8. The fraction of sp³-hybridized carbons (Fsp3) is 0.714. The van der Waals surface area contributed by atoms with Gasteiger partial charge in [0.1, 0.15) is 0 Å². The largest absolute Gasteiger partial charge is 4.00 e. The van der Waals surface area contributed by atoms with Crippen LogP contribution in [0.25, 0.3) is 0 Å². The Bertz CT molecular complexity index is 352. The van der Waals surface area contributed by atoms with Crippen molar-refractivity contribution in [1.29, 1.82) is 0 Å². The van der Waals surface area contributed by atoms with Crippen molar-refractivity contribution in [3.8, 4) is 0 Å². The molecule has 0 saturated heterocycles. The van der Waals surface area contributed by atoms with Crippen molar-refractivity contribution < 1.29 is 77.8 Å². The maximum Gasteiger partial charge on any atom is 4.00 e. The fourth-order valence-corrected chi connectivity index (χ4v) is 2.15. The number of carbonyl (C=O) groups is 2. The van der Waals surface area contributed by atoms with Crippen molar-refractivity contribution in [3.05, 3.63) is 24.3 Å². The third-order valence-electron chi connectivity index (χ3n) is 3.64. The van der Waals surface area contributed by atoms with Crippen LogP contribution in [0.15, 0.2) is 18.2 Å². The van der Waals surface area contributed by atoms with Gasteiger partial charge in [-0.1, -0.05) is 65.2 Å². The molecule has 30 heavy (non-hydrogen) atoms. The molecule has 0 saturated carbocycles. The van der Waals surface area contributed by atoms with E-state index in [4.69, 9.17) is 11.5 Å². The van der Waals surface area contributed by atoms with Gasteiger partial charge in [-0.2, -0.15) is 6.08 Å². The number of halogens is 4. The van der Waals surface area contributed by atoms with E-state index in [9.17, 15) is 9.59 Å². The van der Waals surface area contributed by atoms with Crippen LogP contribution in [0.3, 0.4) is 0 Å². The van der Waals surface area contributed by atoms with E-state index in [2.05, 4.69) is 26.0 Å². The van der Waals surface area contributed by atoms with Crippen molar-refractivity contribution in [2.75, 3.05) is 0 Å². The van der Waals surface area contributed by atoms with Crippen molar-refractivity contribution in [3.63, 3.8) is 0 Å². The molecule has 179 valence electrons. The number of nitrogens with two attached hydrogens (primary N) is 2. The minimum absolute atomic E-state index is 0. The Hall–Kier alpha value is 0.164. The van der Waals surface area contributed by atoms with Crippen LogP contribution in [0, 0.1) is 6.08 Å². The van der Waals surface area contributed by atoms with Gasteiger partial charge in [0.2, 0.25) is 11.8 Å². The third kappa shape index (κ3) is 56.6. The van der Waals surface area contributed by atoms with Gasteiger partial charge in [-0.15, -0.1) is 6.42 Å². The van der Waals surface area contributed by atoms with Crippen molar-refractivity contribution in [1.82, 2.24) is 0 Å². The number of rotatable bonds is 12. The molecule has 0 aliphatic heterocycles. The molecule has 1 radical (unpaired) electrons. The molecular formula is C21H39Cl4N2O2V-. The van der Waals surface area contributed by atoms with Crippen LogP contribution >= 0.6 is 0 Å². The van der Waals surface area contributed by atoms with E-state index in [0.717, 1.165) is 32.1 Å². The smallest absolute Gasteiger partial charge is 1.00 e. The van der Waals surface area contributed by atoms with E-state index in [1.54, 1.807) is 0 Å². The minimum atomic E-state index is -0.170. The van der Waals surface area contributed by atoms with Crippen LogP contribution < -0.4 is 61.1 Å². The molecule has 0 aromatic heterocycles. The summed E-state index contributed by atoms with van der Waals surface area (Å²) in [6.07, 6.45) is 22.9. The van der Waals surface area contributed by atoms with E-state index in [-0.39, 0.29) is 80.0 Å². The fourth-order valence-electron chi connectivity index (χ4n) is 2.15. The van der Waals surface area contributed by atoms with Crippen molar-refractivity contribution >= 4 is 11.8 Å². The molecule has 1 rings (SSSR count). The molecule has 0 aromatic carbocycles. The maximum absolute atomic E-state index is 10.3. The molecule has 0 aromatic rings. The number of allylic oxidation sites excluding steroid dienone is 4. The maximum atomic E-state index is 10.3. The number of amides is 2. The summed E-state index contributed by atoms with van der Waals surface area (Å²) in [5.41, 5.74) is 9.94. The van der Waals surface area contributed by atoms with Crippen LogP contribution in [-0.4, -0.2) is 11.8 Å². The summed E-state index contributed by atoms with van der Waals surface area (Å²) in [6, 6.07) is 0. The molecule has 4 nitrogen and oxygen atoms in total. The first-order valence-electron chi connectivity index (χ1n) is 9.82. The zero-order valence-electron chi connectivity index (χ0n) is 18.4. The number of unbranched alkanes of at least 4 members (excludes halogenated alkanes) is 8. The molecule has 0 bridgehead atoms. The van der Waals surface area contributed by atoms with Crippen LogP contribution in [0.2, 0.25) is 0 Å². The van der Waals surface area contributed by atoms with Crippen molar-refractivity contribution in [2.45, 2.75) is 97.3 Å². The Labute approximate surface area is 221 Å². The summed E-state index contributed by atoms with van der Waals surface area (Å²) in [6.45, 7) is 4.35. The molecule has 0 spiro atoms.